The molecule has 1 unspecified atom stereocenters. The number of piperazine rings is 1. The number of methoxy groups -OCH3 is 2. The van der Waals surface area contributed by atoms with E-state index in [1.807, 2.05) is 24.3 Å². The molecule has 0 radical (unpaired) electrons. The second-order valence-corrected chi connectivity index (χ2v) is 5.27. The highest BCUT2D eigenvalue weighted by molar-refractivity contribution is 7.97. The summed E-state index contributed by atoms with van der Waals surface area (Å²) in [6.07, 6.45) is 0. The highest BCUT2D eigenvalue weighted by Crippen LogP contribution is 2.27. The van der Waals surface area contributed by atoms with Crippen molar-refractivity contribution in [2.24, 2.45) is 0 Å². The smallest absolute Gasteiger partial charge is 0.325 e. The van der Waals surface area contributed by atoms with Crippen LogP contribution in [0.3, 0.4) is 0 Å². The van der Waals surface area contributed by atoms with Gasteiger partial charge in [0.2, 0.25) is 0 Å². The normalized spacial score (nSPS) is 20.0. The van der Waals surface area contributed by atoms with Gasteiger partial charge in [-0.3, -0.25) is 4.79 Å². The molecule has 1 atom stereocenters. The van der Waals surface area contributed by atoms with Crippen LogP contribution in [0.25, 0.3) is 0 Å². The van der Waals surface area contributed by atoms with E-state index < -0.39 is 0 Å². The fourth-order valence-corrected chi connectivity index (χ4v) is 2.90. The van der Waals surface area contributed by atoms with E-state index in [1.165, 1.54) is 7.11 Å². The molecule has 0 aromatic heterocycles. The van der Waals surface area contributed by atoms with Crippen molar-refractivity contribution in [2.75, 3.05) is 33.9 Å². The van der Waals surface area contributed by atoms with Crippen molar-refractivity contribution < 1.29 is 14.3 Å². The molecule has 0 bridgehead atoms. The Morgan fingerprint density at radius 1 is 1.37 bits per heavy atom. The Bertz CT molecular complexity index is 424. The lowest BCUT2D eigenvalue weighted by Gasteiger charge is -2.32. The van der Waals surface area contributed by atoms with Crippen LogP contribution in [-0.4, -0.2) is 50.2 Å². The van der Waals surface area contributed by atoms with E-state index >= 15 is 0 Å². The average molecular weight is 282 g/mol. The molecule has 19 heavy (non-hydrogen) atoms. The molecule has 6 heteroatoms. The van der Waals surface area contributed by atoms with Gasteiger partial charge in [-0.2, -0.15) is 0 Å². The van der Waals surface area contributed by atoms with Gasteiger partial charge in [0.05, 0.1) is 14.2 Å². The summed E-state index contributed by atoms with van der Waals surface area (Å²) in [6, 6.07) is 7.56. The monoisotopic (exact) mass is 282 g/mol. The van der Waals surface area contributed by atoms with Crippen LogP contribution in [0.5, 0.6) is 5.75 Å². The van der Waals surface area contributed by atoms with E-state index in [0.29, 0.717) is 6.54 Å². The Balaban J connectivity index is 2.03. The number of ether oxygens (including phenoxy) is 2. The Morgan fingerprint density at radius 3 is 2.74 bits per heavy atom. The van der Waals surface area contributed by atoms with E-state index in [2.05, 4.69) is 9.62 Å². The quantitative estimate of drug-likeness (QED) is 0.660. The highest BCUT2D eigenvalue weighted by Gasteiger charge is 2.30. The number of carbonyl (C=O) groups is 1. The van der Waals surface area contributed by atoms with Crippen molar-refractivity contribution in [3.63, 3.8) is 0 Å². The van der Waals surface area contributed by atoms with Gasteiger partial charge in [0.25, 0.3) is 0 Å². The van der Waals surface area contributed by atoms with Gasteiger partial charge in [0.1, 0.15) is 11.8 Å². The summed E-state index contributed by atoms with van der Waals surface area (Å²) >= 11 is 1.57. The number of carbonyl (C=O) groups excluding carboxylic acids is 1. The predicted molar refractivity (Wildman–Crippen MR) is 74.2 cm³/mol. The van der Waals surface area contributed by atoms with Crippen LogP contribution in [0, 0.1) is 0 Å². The topological polar surface area (TPSA) is 50.8 Å². The minimum absolute atomic E-state index is 0.201. The minimum Gasteiger partial charge on any atom is -0.497 e. The fourth-order valence-electron chi connectivity index (χ4n) is 1.90. The number of benzene rings is 1. The van der Waals surface area contributed by atoms with Gasteiger partial charge in [0.15, 0.2) is 0 Å². The summed E-state index contributed by atoms with van der Waals surface area (Å²) < 4.78 is 12.0. The predicted octanol–water partition coefficient (Wildman–Crippen LogP) is 1.15. The summed E-state index contributed by atoms with van der Waals surface area (Å²) in [5.41, 5.74) is 0. The molecule has 1 N–H and O–H groups in total. The summed E-state index contributed by atoms with van der Waals surface area (Å²) in [5.74, 6) is 0.627. The first-order chi connectivity index (χ1) is 9.24. The SMILES string of the molecule is COC(=O)C1CNCCN1Sc1ccc(OC)cc1. The van der Waals surface area contributed by atoms with E-state index in [0.717, 1.165) is 23.7 Å². The first-order valence-electron chi connectivity index (χ1n) is 6.12. The van der Waals surface area contributed by atoms with Crippen molar-refractivity contribution in [3.8, 4) is 5.75 Å². The Morgan fingerprint density at radius 2 is 2.11 bits per heavy atom. The number of esters is 1. The second kappa shape index (κ2) is 6.79. The van der Waals surface area contributed by atoms with Crippen LogP contribution in [0.4, 0.5) is 0 Å². The number of hydrogen-bond acceptors (Lipinski definition) is 6. The van der Waals surface area contributed by atoms with E-state index in [9.17, 15) is 4.79 Å². The maximum Gasteiger partial charge on any atom is 0.325 e. The summed E-state index contributed by atoms with van der Waals surface area (Å²) in [7, 11) is 3.07. The molecule has 1 fully saturated rings. The Labute approximate surface area is 117 Å². The number of rotatable bonds is 4. The largest absolute Gasteiger partial charge is 0.497 e. The Hall–Kier alpha value is -1.24. The van der Waals surface area contributed by atoms with E-state index in [1.54, 1.807) is 19.1 Å². The van der Waals surface area contributed by atoms with Crippen molar-refractivity contribution in [1.82, 2.24) is 9.62 Å². The fraction of sp³-hybridized carbons (Fsp3) is 0.462. The van der Waals surface area contributed by atoms with Crippen LogP contribution in [0.1, 0.15) is 0 Å². The van der Waals surface area contributed by atoms with Crippen LogP contribution >= 0.6 is 11.9 Å². The summed E-state index contributed by atoms with van der Waals surface area (Å²) in [6.45, 7) is 2.29. The molecule has 1 aromatic carbocycles. The molecule has 1 aromatic rings. The van der Waals surface area contributed by atoms with Crippen molar-refractivity contribution in [1.29, 1.82) is 0 Å². The molecule has 1 aliphatic heterocycles. The number of nitrogens with zero attached hydrogens (tertiary/aromatic N) is 1. The molecule has 104 valence electrons. The summed E-state index contributed by atoms with van der Waals surface area (Å²) in [4.78, 5) is 12.8. The molecule has 5 nitrogen and oxygen atoms in total. The standard InChI is InChI=1S/C13H18N2O3S/c1-17-10-3-5-11(6-4-10)19-15-8-7-14-9-12(15)13(16)18-2/h3-6,12,14H,7-9H2,1-2H3. The maximum atomic E-state index is 11.7. The first-order valence-corrected chi connectivity index (χ1v) is 6.89. The lowest BCUT2D eigenvalue weighted by atomic mass is 10.2. The van der Waals surface area contributed by atoms with Crippen molar-refractivity contribution in [3.05, 3.63) is 24.3 Å². The van der Waals surface area contributed by atoms with Gasteiger partial charge < -0.3 is 14.8 Å². The van der Waals surface area contributed by atoms with Crippen LogP contribution in [0.2, 0.25) is 0 Å². The third kappa shape index (κ3) is 3.62. The van der Waals surface area contributed by atoms with Gasteiger partial charge in [0, 0.05) is 24.5 Å². The van der Waals surface area contributed by atoms with Gasteiger partial charge in [-0.15, -0.1) is 0 Å². The second-order valence-electron chi connectivity index (χ2n) is 4.15. The molecule has 1 saturated heterocycles. The van der Waals surface area contributed by atoms with Crippen molar-refractivity contribution >= 4 is 17.9 Å². The van der Waals surface area contributed by atoms with Crippen LogP contribution in [-0.2, 0) is 9.53 Å². The van der Waals surface area contributed by atoms with Gasteiger partial charge >= 0.3 is 5.97 Å². The lowest BCUT2D eigenvalue weighted by Crippen LogP contribution is -2.52. The molecule has 0 saturated carbocycles. The van der Waals surface area contributed by atoms with Crippen LogP contribution in [0.15, 0.2) is 29.2 Å². The molecule has 1 aliphatic rings. The number of hydrogen-bond donors (Lipinski definition) is 1. The molecule has 1 heterocycles. The molecule has 2 rings (SSSR count). The van der Waals surface area contributed by atoms with Crippen LogP contribution < -0.4 is 10.1 Å². The van der Waals surface area contributed by atoms with Gasteiger partial charge in [-0.05, 0) is 36.2 Å². The summed E-state index contributed by atoms with van der Waals surface area (Å²) in [5, 5.41) is 3.21. The van der Waals surface area contributed by atoms with Gasteiger partial charge in [-0.25, -0.2) is 4.31 Å². The lowest BCUT2D eigenvalue weighted by molar-refractivity contribution is -0.145. The highest BCUT2D eigenvalue weighted by atomic mass is 32.2. The maximum absolute atomic E-state index is 11.7. The average Bonchev–Trinajstić information content (AvgIpc) is 2.48. The van der Waals surface area contributed by atoms with Crippen molar-refractivity contribution in [2.45, 2.75) is 10.9 Å². The molecule has 0 spiro atoms. The molecular formula is C13H18N2O3S. The molecule has 0 aliphatic carbocycles. The molecule has 0 amide bonds. The zero-order valence-electron chi connectivity index (χ0n) is 11.1. The van der Waals surface area contributed by atoms with Gasteiger partial charge in [-0.1, -0.05) is 0 Å². The van der Waals surface area contributed by atoms with E-state index in [-0.39, 0.29) is 12.0 Å². The third-order valence-electron chi connectivity index (χ3n) is 2.95. The Kier molecular flexibility index (Phi) is 5.07. The minimum atomic E-state index is -0.245. The zero-order chi connectivity index (χ0) is 13.7. The molecular weight excluding hydrogens is 264 g/mol. The number of nitrogens with one attached hydrogen (secondary N) is 1. The first kappa shape index (κ1) is 14.2. The zero-order valence-corrected chi connectivity index (χ0v) is 11.9. The third-order valence-corrected chi connectivity index (χ3v) is 4.10. The van der Waals surface area contributed by atoms with E-state index in [4.69, 9.17) is 9.47 Å².